The van der Waals surface area contributed by atoms with Gasteiger partial charge in [-0.2, -0.15) is 0 Å². The van der Waals surface area contributed by atoms with E-state index in [1.807, 2.05) is 0 Å². The minimum atomic E-state index is -0.229. The number of anilines is 2. The van der Waals surface area contributed by atoms with Crippen LogP contribution in [0.25, 0.3) is 0 Å². The van der Waals surface area contributed by atoms with E-state index in [9.17, 15) is 4.79 Å². The van der Waals surface area contributed by atoms with Gasteiger partial charge in [0.05, 0.1) is 6.54 Å². The third-order valence-corrected chi connectivity index (χ3v) is 3.99. The van der Waals surface area contributed by atoms with Crippen molar-refractivity contribution in [3.8, 4) is 11.8 Å². The number of hydrogen-bond acceptors (Lipinski definition) is 6. The molecule has 0 radical (unpaired) electrons. The number of nitrogens with zero attached hydrogens (tertiary/aromatic N) is 2. The predicted octanol–water partition coefficient (Wildman–Crippen LogP) is 0.0158. The quantitative estimate of drug-likeness (QED) is 0.678. The number of carbonyl (C=O) groups is 1. The molecular formula is C12H17N5OS. The van der Waals surface area contributed by atoms with Crippen molar-refractivity contribution in [1.82, 2.24) is 10.3 Å². The third kappa shape index (κ3) is 3.16. The Morgan fingerprint density at radius 3 is 3.11 bits per heavy atom. The minimum Gasteiger partial charge on any atom is -0.382 e. The van der Waals surface area contributed by atoms with Crippen LogP contribution in [0, 0.1) is 11.8 Å². The van der Waals surface area contributed by atoms with E-state index in [1.54, 1.807) is 6.92 Å². The summed E-state index contributed by atoms with van der Waals surface area (Å²) in [7, 11) is 0. The largest absolute Gasteiger partial charge is 0.382 e. The molecule has 102 valence electrons. The summed E-state index contributed by atoms with van der Waals surface area (Å²) in [5.41, 5.74) is 11.7. The van der Waals surface area contributed by atoms with Crippen LogP contribution in [0.1, 0.15) is 23.0 Å². The fraction of sp³-hybridized carbons (Fsp3) is 0.500. The van der Waals surface area contributed by atoms with Crippen LogP contribution in [0.15, 0.2) is 0 Å². The van der Waals surface area contributed by atoms with Crippen LogP contribution >= 0.6 is 11.3 Å². The van der Waals surface area contributed by atoms with Gasteiger partial charge in [-0.25, -0.2) is 4.98 Å². The average Bonchev–Trinajstić information content (AvgIpc) is 2.95. The second-order valence-corrected chi connectivity index (χ2v) is 5.29. The maximum Gasteiger partial charge on any atom is 0.266 e. The Morgan fingerprint density at radius 1 is 1.68 bits per heavy atom. The molecule has 1 aliphatic rings. The zero-order valence-electron chi connectivity index (χ0n) is 10.8. The first-order valence-electron chi connectivity index (χ1n) is 6.06. The molecule has 1 aromatic heterocycles. The normalized spacial score (nSPS) is 18.0. The van der Waals surface area contributed by atoms with Gasteiger partial charge in [-0.1, -0.05) is 17.3 Å². The molecule has 1 atom stereocenters. The summed E-state index contributed by atoms with van der Waals surface area (Å²) in [5.74, 6) is 5.52. The van der Waals surface area contributed by atoms with Gasteiger partial charge in [0.25, 0.3) is 5.91 Å². The molecule has 19 heavy (non-hydrogen) atoms. The summed E-state index contributed by atoms with van der Waals surface area (Å²) in [6.07, 6.45) is 0.938. The van der Waals surface area contributed by atoms with Crippen molar-refractivity contribution in [3.63, 3.8) is 0 Å². The van der Waals surface area contributed by atoms with Crippen LogP contribution in [0.2, 0.25) is 0 Å². The van der Waals surface area contributed by atoms with Crippen molar-refractivity contribution >= 4 is 28.2 Å². The van der Waals surface area contributed by atoms with Crippen molar-refractivity contribution in [2.45, 2.75) is 19.4 Å². The van der Waals surface area contributed by atoms with Crippen LogP contribution in [0.5, 0.6) is 0 Å². The number of nitrogens with two attached hydrogens (primary N) is 2. The smallest absolute Gasteiger partial charge is 0.266 e. The Balaban J connectivity index is 2.07. The zero-order valence-corrected chi connectivity index (χ0v) is 11.6. The second kappa shape index (κ2) is 5.91. The minimum absolute atomic E-state index is 0.169. The van der Waals surface area contributed by atoms with E-state index < -0.39 is 0 Å². The molecule has 5 N–H and O–H groups in total. The molecule has 1 saturated heterocycles. The molecule has 6 nitrogen and oxygen atoms in total. The molecule has 1 unspecified atom stereocenters. The molecule has 0 spiro atoms. The number of amides is 1. The van der Waals surface area contributed by atoms with Gasteiger partial charge in [0.2, 0.25) is 0 Å². The molecule has 2 heterocycles. The number of aromatic nitrogens is 1. The maximum absolute atomic E-state index is 11.9. The first kappa shape index (κ1) is 13.6. The first-order valence-corrected chi connectivity index (χ1v) is 6.88. The molecule has 1 amide bonds. The highest BCUT2D eigenvalue weighted by Crippen LogP contribution is 2.29. The second-order valence-electron chi connectivity index (χ2n) is 4.32. The molecule has 7 heteroatoms. The van der Waals surface area contributed by atoms with E-state index in [0.717, 1.165) is 24.6 Å². The lowest BCUT2D eigenvalue weighted by Crippen LogP contribution is -2.26. The highest BCUT2D eigenvalue weighted by atomic mass is 32.1. The van der Waals surface area contributed by atoms with Crippen LogP contribution < -0.4 is 21.7 Å². The number of thiazole rings is 1. The van der Waals surface area contributed by atoms with E-state index in [1.165, 1.54) is 11.3 Å². The van der Waals surface area contributed by atoms with Crippen molar-refractivity contribution in [1.29, 1.82) is 0 Å². The fourth-order valence-electron chi connectivity index (χ4n) is 1.87. The molecule has 2 rings (SSSR count). The lowest BCUT2D eigenvalue weighted by atomic mass is 10.3. The topological polar surface area (TPSA) is 97.3 Å². The molecule has 1 aromatic rings. The zero-order chi connectivity index (χ0) is 13.8. The first-order chi connectivity index (χ1) is 9.11. The molecular weight excluding hydrogens is 262 g/mol. The lowest BCUT2D eigenvalue weighted by molar-refractivity contribution is 0.0963. The molecule has 0 bridgehead atoms. The monoisotopic (exact) mass is 279 g/mol. The van der Waals surface area contributed by atoms with Gasteiger partial charge in [0.15, 0.2) is 5.13 Å². The van der Waals surface area contributed by atoms with Gasteiger partial charge < -0.3 is 21.7 Å². The summed E-state index contributed by atoms with van der Waals surface area (Å²) in [6, 6.07) is 0.169. The van der Waals surface area contributed by atoms with Crippen molar-refractivity contribution in [2.75, 3.05) is 30.3 Å². The Bertz CT molecular complexity index is 530. The lowest BCUT2D eigenvalue weighted by Gasteiger charge is -2.12. The summed E-state index contributed by atoms with van der Waals surface area (Å²) < 4.78 is 0. The van der Waals surface area contributed by atoms with Gasteiger partial charge in [0.1, 0.15) is 10.7 Å². The van der Waals surface area contributed by atoms with Gasteiger partial charge in [-0.05, 0) is 13.3 Å². The van der Waals surface area contributed by atoms with Gasteiger partial charge in [-0.3, -0.25) is 4.79 Å². The van der Waals surface area contributed by atoms with E-state index in [0.29, 0.717) is 11.4 Å². The predicted molar refractivity (Wildman–Crippen MR) is 77.1 cm³/mol. The summed E-state index contributed by atoms with van der Waals surface area (Å²) >= 11 is 1.30. The van der Waals surface area contributed by atoms with Crippen LogP contribution in [0.3, 0.4) is 0 Å². The molecule has 0 aliphatic carbocycles. The van der Waals surface area contributed by atoms with Crippen LogP contribution in [-0.4, -0.2) is 36.6 Å². The SMILES string of the molecule is CC#CCNC(=O)c1sc(N2CCC(N)C2)nc1N. The Kier molecular flexibility index (Phi) is 4.24. The van der Waals surface area contributed by atoms with Crippen molar-refractivity contribution in [3.05, 3.63) is 4.88 Å². The highest BCUT2D eigenvalue weighted by molar-refractivity contribution is 7.18. The van der Waals surface area contributed by atoms with Gasteiger partial charge >= 0.3 is 0 Å². The standard InChI is InChI=1S/C12H17N5OS/c1-2-3-5-15-11(18)9-10(14)16-12(19-9)17-6-4-8(13)7-17/h8H,4-7,13-14H2,1H3,(H,15,18). The van der Waals surface area contributed by atoms with Crippen LogP contribution in [-0.2, 0) is 0 Å². The number of nitrogen functional groups attached to an aromatic ring is 1. The highest BCUT2D eigenvalue weighted by Gasteiger charge is 2.24. The average molecular weight is 279 g/mol. The third-order valence-electron chi connectivity index (χ3n) is 2.86. The molecule has 1 fully saturated rings. The summed E-state index contributed by atoms with van der Waals surface area (Å²) in [4.78, 5) is 18.6. The summed E-state index contributed by atoms with van der Waals surface area (Å²) in [6.45, 7) is 3.66. The van der Waals surface area contributed by atoms with Gasteiger partial charge in [0, 0.05) is 19.1 Å². The fourth-order valence-corrected chi connectivity index (χ4v) is 2.81. The molecule has 1 aliphatic heterocycles. The molecule has 0 aromatic carbocycles. The Labute approximate surface area is 116 Å². The number of carbonyl (C=O) groups excluding carboxylic acids is 1. The van der Waals surface area contributed by atoms with Crippen molar-refractivity contribution in [2.24, 2.45) is 5.73 Å². The number of rotatable bonds is 3. The van der Waals surface area contributed by atoms with E-state index in [4.69, 9.17) is 11.5 Å². The van der Waals surface area contributed by atoms with E-state index in [2.05, 4.69) is 27.0 Å². The van der Waals surface area contributed by atoms with E-state index in [-0.39, 0.29) is 17.8 Å². The molecule has 0 saturated carbocycles. The van der Waals surface area contributed by atoms with Crippen molar-refractivity contribution < 1.29 is 4.79 Å². The number of nitrogens with one attached hydrogen (secondary N) is 1. The Morgan fingerprint density at radius 2 is 2.47 bits per heavy atom. The Hall–Kier alpha value is -1.78. The van der Waals surface area contributed by atoms with E-state index >= 15 is 0 Å². The van der Waals surface area contributed by atoms with Gasteiger partial charge in [-0.15, -0.1) is 5.92 Å². The van der Waals surface area contributed by atoms with Crippen LogP contribution in [0.4, 0.5) is 10.9 Å². The maximum atomic E-state index is 11.9. The number of hydrogen-bond donors (Lipinski definition) is 3. The summed E-state index contributed by atoms with van der Waals surface area (Å²) in [5, 5.41) is 3.45.